The number of nitrogens with one attached hydrogen (secondary N) is 1. The lowest BCUT2D eigenvalue weighted by atomic mass is 10.1. The predicted molar refractivity (Wildman–Crippen MR) is 56.6 cm³/mol. The summed E-state index contributed by atoms with van der Waals surface area (Å²) in [5, 5.41) is 9.26. The first kappa shape index (κ1) is 9.69. The summed E-state index contributed by atoms with van der Waals surface area (Å²) in [4.78, 5) is 18.2. The number of fused-ring (bicyclic) bond motifs is 1. The Labute approximate surface area is 90.1 Å². The summed E-state index contributed by atoms with van der Waals surface area (Å²) in [5.41, 5.74) is 0.511. The van der Waals surface area contributed by atoms with Crippen LogP contribution in [0.4, 0.5) is 0 Å². The summed E-state index contributed by atoms with van der Waals surface area (Å²) in [6, 6.07) is 6.88. The van der Waals surface area contributed by atoms with Gasteiger partial charge in [-0.15, -0.1) is 11.6 Å². The SMILES string of the molecule is N#Cc1cccc2c(=O)[nH]c(CCl)nc12. The highest BCUT2D eigenvalue weighted by molar-refractivity contribution is 6.16. The molecule has 1 aromatic heterocycles. The van der Waals surface area contributed by atoms with E-state index in [0.29, 0.717) is 22.3 Å². The summed E-state index contributed by atoms with van der Waals surface area (Å²) in [6.45, 7) is 0. The quantitative estimate of drug-likeness (QED) is 0.740. The van der Waals surface area contributed by atoms with Gasteiger partial charge in [0.2, 0.25) is 0 Å². The fraction of sp³-hybridized carbons (Fsp3) is 0.100. The topological polar surface area (TPSA) is 69.5 Å². The zero-order valence-electron chi connectivity index (χ0n) is 7.62. The van der Waals surface area contributed by atoms with E-state index in [1.165, 1.54) is 0 Å². The molecule has 1 N–H and O–H groups in total. The fourth-order valence-corrected chi connectivity index (χ4v) is 1.49. The van der Waals surface area contributed by atoms with E-state index >= 15 is 0 Å². The highest BCUT2D eigenvalue weighted by atomic mass is 35.5. The van der Waals surface area contributed by atoms with Gasteiger partial charge >= 0.3 is 0 Å². The number of para-hydroxylation sites is 1. The number of H-pyrrole nitrogens is 1. The third-order valence-electron chi connectivity index (χ3n) is 2.03. The van der Waals surface area contributed by atoms with Crippen LogP contribution in [-0.4, -0.2) is 9.97 Å². The molecule has 4 nitrogen and oxygen atoms in total. The minimum absolute atomic E-state index is 0.116. The number of benzene rings is 1. The molecule has 0 amide bonds. The van der Waals surface area contributed by atoms with Crippen LogP contribution in [0.5, 0.6) is 0 Å². The summed E-state index contributed by atoms with van der Waals surface area (Å²) in [6.07, 6.45) is 0. The summed E-state index contributed by atoms with van der Waals surface area (Å²) in [7, 11) is 0. The lowest BCUT2D eigenvalue weighted by Gasteiger charge is -2.00. The summed E-state index contributed by atoms with van der Waals surface area (Å²) in [5.74, 6) is 0.488. The second-order valence-corrected chi connectivity index (χ2v) is 3.23. The maximum atomic E-state index is 11.6. The van der Waals surface area contributed by atoms with Crippen molar-refractivity contribution in [2.45, 2.75) is 5.88 Å². The van der Waals surface area contributed by atoms with Crippen LogP contribution in [0.15, 0.2) is 23.0 Å². The molecule has 0 bridgehead atoms. The van der Waals surface area contributed by atoms with E-state index < -0.39 is 0 Å². The van der Waals surface area contributed by atoms with Gasteiger partial charge in [0.1, 0.15) is 11.9 Å². The van der Waals surface area contributed by atoms with E-state index in [2.05, 4.69) is 9.97 Å². The lowest BCUT2D eigenvalue weighted by molar-refractivity contribution is 1.03. The maximum Gasteiger partial charge on any atom is 0.258 e. The fourth-order valence-electron chi connectivity index (χ4n) is 1.36. The highest BCUT2D eigenvalue weighted by Crippen LogP contribution is 2.12. The second-order valence-electron chi connectivity index (χ2n) is 2.96. The molecule has 0 aliphatic carbocycles. The lowest BCUT2D eigenvalue weighted by Crippen LogP contribution is -2.11. The van der Waals surface area contributed by atoms with Gasteiger partial charge in [-0.2, -0.15) is 5.26 Å². The number of nitriles is 1. The smallest absolute Gasteiger partial charge is 0.258 e. The average Bonchev–Trinajstić information content (AvgIpc) is 2.28. The molecule has 1 aromatic carbocycles. The molecule has 0 radical (unpaired) electrons. The van der Waals surface area contributed by atoms with Gasteiger partial charge < -0.3 is 4.98 Å². The molecule has 2 aromatic rings. The van der Waals surface area contributed by atoms with Crippen LogP contribution < -0.4 is 5.56 Å². The number of aromatic amines is 1. The van der Waals surface area contributed by atoms with Crippen molar-refractivity contribution >= 4 is 22.5 Å². The van der Waals surface area contributed by atoms with Crippen molar-refractivity contribution in [2.24, 2.45) is 0 Å². The molecule has 0 spiro atoms. The number of nitrogens with zero attached hydrogens (tertiary/aromatic N) is 2. The van der Waals surface area contributed by atoms with Crippen molar-refractivity contribution in [1.29, 1.82) is 5.26 Å². The normalized spacial score (nSPS) is 10.1. The molecule has 0 aliphatic heterocycles. The van der Waals surface area contributed by atoms with Gasteiger partial charge in [0.15, 0.2) is 0 Å². The zero-order valence-corrected chi connectivity index (χ0v) is 8.38. The third kappa shape index (κ3) is 1.58. The maximum absolute atomic E-state index is 11.6. The molecule has 2 rings (SSSR count). The first-order valence-electron chi connectivity index (χ1n) is 4.24. The molecular weight excluding hydrogens is 214 g/mol. The molecule has 74 valence electrons. The molecule has 15 heavy (non-hydrogen) atoms. The molecular formula is C10H6ClN3O. The average molecular weight is 220 g/mol. The molecule has 0 unspecified atom stereocenters. The molecule has 1 heterocycles. The van der Waals surface area contributed by atoms with Gasteiger partial charge in [-0.3, -0.25) is 4.79 Å². The number of aromatic nitrogens is 2. The summed E-state index contributed by atoms with van der Waals surface area (Å²) >= 11 is 5.58. The van der Waals surface area contributed by atoms with Crippen LogP contribution in [0.3, 0.4) is 0 Å². The van der Waals surface area contributed by atoms with E-state index in [4.69, 9.17) is 16.9 Å². The molecule has 5 heteroatoms. The molecule has 0 saturated heterocycles. The van der Waals surface area contributed by atoms with Crippen molar-refractivity contribution in [3.8, 4) is 6.07 Å². The van der Waals surface area contributed by atoms with E-state index in [1.54, 1.807) is 18.2 Å². The largest absolute Gasteiger partial charge is 0.309 e. The molecule has 0 saturated carbocycles. The van der Waals surface area contributed by atoms with Gasteiger partial charge in [0, 0.05) is 0 Å². The van der Waals surface area contributed by atoms with Crippen molar-refractivity contribution in [3.05, 3.63) is 39.9 Å². The van der Waals surface area contributed by atoms with Gasteiger partial charge in [-0.1, -0.05) is 6.07 Å². The Morgan fingerprint density at radius 2 is 2.33 bits per heavy atom. The van der Waals surface area contributed by atoms with Crippen molar-refractivity contribution in [2.75, 3.05) is 0 Å². The zero-order chi connectivity index (χ0) is 10.8. The van der Waals surface area contributed by atoms with Crippen LogP contribution in [0.25, 0.3) is 10.9 Å². The van der Waals surface area contributed by atoms with E-state index in [-0.39, 0.29) is 11.4 Å². The van der Waals surface area contributed by atoms with Gasteiger partial charge in [-0.05, 0) is 12.1 Å². The Bertz CT molecular complexity index is 612. The van der Waals surface area contributed by atoms with Crippen molar-refractivity contribution < 1.29 is 0 Å². The Morgan fingerprint density at radius 1 is 1.53 bits per heavy atom. The minimum atomic E-state index is -0.271. The second kappa shape index (κ2) is 3.71. The number of alkyl halides is 1. The standard InChI is InChI=1S/C10H6ClN3O/c11-4-8-13-9-6(5-12)2-1-3-7(9)10(15)14-8/h1-3H,4H2,(H,13,14,15). The monoisotopic (exact) mass is 219 g/mol. The van der Waals surface area contributed by atoms with Gasteiger partial charge in [0.05, 0.1) is 22.3 Å². The first-order valence-corrected chi connectivity index (χ1v) is 4.77. The highest BCUT2D eigenvalue weighted by Gasteiger charge is 2.06. The van der Waals surface area contributed by atoms with Crippen LogP contribution in [0.1, 0.15) is 11.4 Å². The number of halogens is 1. The first-order chi connectivity index (χ1) is 7.26. The Hall–Kier alpha value is -1.86. The van der Waals surface area contributed by atoms with Crippen LogP contribution in [0, 0.1) is 11.3 Å². The Kier molecular flexibility index (Phi) is 2.40. The van der Waals surface area contributed by atoms with Crippen LogP contribution in [0.2, 0.25) is 0 Å². The van der Waals surface area contributed by atoms with Crippen molar-refractivity contribution in [3.63, 3.8) is 0 Å². The molecule has 0 fully saturated rings. The number of rotatable bonds is 1. The van der Waals surface area contributed by atoms with Gasteiger partial charge in [0.25, 0.3) is 5.56 Å². The predicted octanol–water partition coefficient (Wildman–Crippen LogP) is 1.53. The number of hydrogen-bond donors (Lipinski definition) is 1. The minimum Gasteiger partial charge on any atom is -0.309 e. The molecule has 0 atom stereocenters. The van der Waals surface area contributed by atoms with Crippen LogP contribution in [-0.2, 0) is 5.88 Å². The summed E-state index contributed by atoms with van der Waals surface area (Å²) < 4.78 is 0. The molecule has 0 aliphatic rings. The van der Waals surface area contributed by atoms with E-state index in [0.717, 1.165) is 0 Å². The van der Waals surface area contributed by atoms with Crippen LogP contribution >= 0.6 is 11.6 Å². The Balaban J connectivity index is 2.93. The van der Waals surface area contributed by atoms with E-state index in [1.807, 2.05) is 6.07 Å². The third-order valence-corrected chi connectivity index (χ3v) is 2.29. The van der Waals surface area contributed by atoms with Gasteiger partial charge in [-0.25, -0.2) is 4.98 Å². The van der Waals surface area contributed by atoms with E-state index in [9.17, 15) is 4.79 Å². The van der Waals surface area contributed by atoms with Crippen molar-refractivity contribution in [1.82, 2.24) is 9.97 Å². The Morgan fingerprint density at radius 3 is 3.00 bits per heavy atom. The number of hydrogen-bond acceptors (Lipinski definition) is 3.